The van der Waals surface area contributed by atoms with Gasteiger partial charge in [0, 0.05) is 0 Å². The van der Waals surface area contributed by atoms with Gasteiger partial charge in [-0.1, -0.05) is 43.7 Å². The van der Waals surface area contributed by atoms with Crippen LogP contribution in [0.3, 0.4) is 0 Å². The summed E-state index contributed by atoms with van der Waals surface area (Å²) in [5.74, 6) is -0.317. The molecule has 0 aromatic heterocycles. The number of carboxylic acid groups (broad SMARTS) is 1. The van der Waals surface area contributed by atoms with Gasteiger partial charge in [-0.25, -0.2) is 4.79 Å². The van der Waals surface area contributed by atoms with E-state index in [2.05, 4.69) is 26.8 Å². The fourth-order valence-electron chi connectivity index (χ4n) is 3.07. The highest BCUT2D eigenvalue weighted by atomic mass is 16.4. The van der Waals surface area contributed by atoms with Gasteiger partial charge in [0.1, 0.15) is 0 Å². The van der Waals surface area contributed by atoms with Crippen LogP contribution >= 0.6 is 0 Å². The summed E-state index contributed by atoms with van der Waals surface area (Å²) in [5, 5.41) is 9.36. The molecule has 0 fully saturated rings. The van der Waals surface area contributed by atoms with Gasteiger partial charge < -0.3 is 5.11 Å². The lowest BCUT2D eigenvalue weighted by atomic mass is 9.67. The highest BCUT2D eigenvalue weighted by molar-refractivity contribution is 5.89. The summed E-state index contributed by atoms with van der Waals surface area (Å²) in [7, 11) is 0. The van der Waals surface area contributed by atoms with Crippen molar-refractivity contribution in [1.29, 1.82) is 0 Å². The molecule has 1 aromatic rings. The first-order chi connectivity index (χ1) is 8.93. The number of benzene rings is 1. The molecule has 2 rings (SSSR count). The first-order valence-corrected chi connectivity index (χ1v) is 6.91. The van der Waals surface area contributed by atoms with Crippen LogP contribution in [-0.4, -0.2) is 11.1 Å². The lowest BCUT2D eigenvalue weighted by molar-refractivity contribution is 0.0692. The predicted molar refractivity (Wildman–Crippen MR) is 77.5 cm³/mol. The highest BCUT2D eigenvalue weighted by Crippen LogP contribution is 2.41. The molecule has 0 saturated heterocycles. The van der Waals surface area contributed by atoms with Gasteiger partial charge in [0.2, 0.25) is 0 Å². The van der Waals surface area contributed by atoms with Crippen LogP contribution in [0.4, 0.5) is 0 Å². The van der Waals surface area contributed by atoms with Crippen LogP contribution < -0.4 is 0 Å². The molecule has 0 unspecified atom stereocenters. The Balaban J connectivity index is 2.37. The van der Waals surface area contributed by atoms with E-state index in [9.17, 15) is 9.90 Å². The molecule has 0 amide bonds. The second-order valence-electron chi connectivity index (χ2n) is 6.09. The molecule has 1 N–H and O–H groups in total. The Morgan fingerprint density at radius 1 is 1.32 bits per heavy atom. The summed E-state index contributed by atoms with van der Waals surface area (Å²) in [6, 6.07) is 7.42. The molecule has 0 saturated carbocycles. The third-order valence-corrected chi connectivity index (χ3v) is 4.51. The van der Waals surface area contributed by atoms with Gasteiger partial charge >= 0.3 is 5.97 Å². The molecule has 1 aromatic carbocycles. The van der Waals surface area contributed by atoms with Crippen molar-refractivity contribution in [1.82, 2.24) is 0 Å². The lowest BCUT2D eigenvalue weighted by Crippen LogP contribution is -2.31. The van der Waals surface area contributed by atoms with E-state index in [0.29, 0.717) is 11.5 Å². The van der Waals surface area contributed by atoms with Crippen molar-refractivity contribution in [2.24, 2.45) is 5.92 Å². The molecule has 1 aliphatic carbocycles. The highest BCUT2D eigenvalue weighted by Gasteiger charge is 2.34. The molecule has 19 heavy (non-hydrogen) atoms. The zero-order chi connectivity index (χ0) is 14.0. The molecule has 0 radical (unpaired) electrons. The van der Waals surface area contributed by atoms with Crippen molar-refractivity contribution < 1.29 is 9.90 Å². The van der Waals surface area contributed by atoms with Gasteiger partial charge in [-0.3, -0.25) is 0 Å². The van der Waals surface area contributed by atoms with Crippen molar-refractivity contribution in [3.63, 3.8) is 0 Å². The molecule has 102 valence electrons. The lowest BCUT2D eigenvalue weighted by Gasteiger charge is -2.37. The van der Waals surface area contributed by atoms with E-state index in [1.54, 1.807) is 12.1 Å². The second-order valence-corrected chi connectivity index (χ2v) is 6.09. The van der Waals surface area contributed by atoms with Crippen LogP contribution in [-0.2, 0) is 5.41 Å². The average molecular weight is 258 g/mol. The largest absolute Gasteiger partial charge is 0.478 e. The van der Waals surface area contributed by atoms with Gasteiger partial charge in [-0.2, -0.15) is 0 Å². The van der Waals surface area contributed by atoms with Crippen LogP contribution in [0.15, 0.2) is 35.9 Å². The van der Waals surface area contributed by atoms with Gasteiger partial charge in [0.05, 0.1) is 5.56 Å². The fraction of sp³-hybridized carbons (Fsp3) is 0.471. The minimum atomic E-state index is -0.828. The molecule has 0 spiro atoms. The SMILES string of the molecule is CC1=CC[C@H](C(C)(C)c2ccccc2C(=O)O)CC1. The molecular formula is C17H22O2. The smallest absolute Gasteiger partial charge is 0.335 e. The van der Waals surface area contributed by atoms with Crippen LogP contribution in [0.1, 0.15) is 56.0 Å². The number of hydrogen-bond donors (Lipinski definition) is 1. The van der Waals surface area contributed by atoms with Crippen molar-refractivity contribution in [3.8, 4) is 0 Å². The molecule has 1 aliphatic rings. The van der Waals surface area contributed by atoms with E-state index >= 15 is 0 Å². The first kappa shape index (κ1) is 13.9. The zero-order valence-electron chi connectivity index (χ0n) is 11.9. The zero-order valence-corrected chi connectivity index (χ0v) is 11.9. The Morgan fingerprint density at radius 2 is 2.00 bits per heavy atom. The summed E-state index contributed by atoms with van der Waals surface area (Å²) in [6.45, 7) is 6.52. The predicted octanol–water partition coefficient (Wildman–Crippen LogP) is 4.41. The summed E-state index contributed by atoms with van der Waals surface area (Å²) in [6.07, 6.45) is 5.62. The third kappa shape index (κ3) is 2.73. The quantitative estimate of drug-likeness (QED) is 0.815. The van der Waals surface area contributed by atoms with Gasteiger partial charge in [0.15, 0.2) is 0 Å². The number of carbonyl (C=O) groups is 1. The maximum absolute atomic E-state index is 11.4. The van der Waals surface area contributed by atoms with E-state index in [1.807, 2.05) is 12.1 Å². The van der Waals surface area contributed by atoms with Crippen LogP contribution in [0.25, 0.3) is 0 Å². The van der Waals surface area contributed by atoms with Crippen LogP contribution in [0, 0.1) is 5.92 Å². The molecule has 1 atom stereocenters. The van der Waals surface area contributed by atoms with E-state index in [0.717, 1.165) is 24.8 Å². The van der Waals surface area contributed by atoms with E-state index in [4.69, 9.17) is 0 Å². The van der Waals surface area contributed by atoms with Crippen molar-refractivity contribution >= 4 is 5.97 Å². The first-order valence-electron chi connectivity index (χ1n) is 6.91. The molecule has 0 heterocycles. The molecule has 2 heteroatoms. The van der Waals surface area contributed by atoms with Crippen LogP contribution in [0.5, 0.6) is 0 Å². The number of rotatable bonds is 3. The average Bonchev–Trinajstić information content (AvgIpc) is 2.39. The summed E-state index contributed by atoms with van der Waals surface area (Å²) in [5.41, 5.74) is 2.75. The van der Waals surface area contributed by atoms with Gasteiger partial charge in [0.25, 0.3) is 0 Å². The normalized spacial score (nSPS) is 19.9. The summed E-state index contributed by atoms with van der Waals surface area (Å²) in [4.78, 5) is 11.4. The molecular weight excluding hydrogens is 236 g/mol. The molecule has 0 aliphatic heterocycles. The summed E-state index contributed by atoms with van der Waals surface area (Å²) < 4.78 is 0. The van der Waals surface area contributed by atoms with Crippen molar-refractivity contribution in [2.45, 2.75) is 45.4 Å². The Kier molecular flexibility index (Phi) is 3.79. The monoisotopic (exact) mass is 258 g/mol. The maximum Gasteiger partial charge on any atom is 0.335 e. The fourth-order valence-corrected chi connectivity index (χ4v) is 3.07. The molecule has 0 bridgehead atoms. The van der Waals surface area contributed by atoms with E-state index in [-0.39, 0.29) is 5.41 Å². The van der Waals surface area contributed by atoms with Gasteiger partial charge in [-0.05, 0) is 49.1 Å². The standard InChI is InChI=1S/C17H22O2/c1-12-8-10-13(11-9-12)17(2,3)15-7-5-4-6-14(15)16(18)19/h4-8,13H,9-11H2,1-3H3,(H,18,19)/t13-/m0/s1. The van der Waals surface area contributed by atoms with Crippen molar-refractivity contribution in [3.05, 3.63) is 47.0 Å². The molecule has 2 nitrogen and oxygen atoms in total. The number of aromatic carboxylic acids is 1. The Morgan fingerprint density at radius 3 is 2.58 bits per heavy atom. The number of allylic oxidation sites excluding steroid dienone is 2. The Hall–Kier alpha value is -1.57. The number of hydrogen-bond acceptors (Lipinski definition) is 1. The Bertz CT molecular complexity index is 512. The topological polar surface area (TPSA) is 37.3 Å². The van der Waals surface area contributed by atoms with Gasteiger partial charge in [-0.15, -0.1) is 0 Å². The number of carboxylic acids is 1. The minimum Gasteiger partial charge on any atom is -0.478 e. The van der Waals surface area contributed by atoms with Crippen molar-refractivity contribution in [2.75, 3.05) is 0 Å². The van der Waals surface area contributed by atoms with E-state index in [1.165, 1.54) is 5.57 Å². The summed E-state index contributed by atoms with van der Waals surface area (Å²) >= 11 is 0. The van der Waals surface area contributed by atoms with E-state index < -0.39 is 5.97 Å². The maximum atomic E-state index is 11.4. The minimum absolute atomic E-state index is 0.105. The Labute approximate surface area is 115 Å². The third-order valence-electron chi connectivity index (χ3n) is 4.51. The van der Waals surface area contributed by atoms with Crippen LogP contribution in [0.2, 0.25) is 0 Å². The second kappa shape index (κ2) is 5.20.